The van der Waals surface area contributed by atoms with Crippen LogP contribution >= 0.6 is 11.3 Å². The largest absolute Gasteiger partial charge is 0.416 e. The fraction of sp³-hybridized carbons (Fsp3) is 0.100. The highest BCUT2D eigenvalue weighted by Gasteiger charge is 2.30. The summed E-state index contributed by atoms with van der Waals surface area (Å²) in [6.45, 7) is 1.45. The van der Waals surface area contributed by atoms with E-state index in [1.54, 1.807) is 0 Å². The monoisotopic (exact) mass is 466 g/mol. The Morgan fingerprint density at radius 1 is 1.09 bits per heavy atom. The maximum Gasteiger partial charge on any atom is 0.416 e. The lowest BCUT2D eigenvalue weighted by molar-refractivity contribution is -0.137. The molecule has 32 heavy (non-hydrogen) atoms. The van der Waals surface area contributed by atoms with E-state index in [4.69, 9.17) is 0 Å². The Morgan fingerprint density at radius 2 is 1.81 bits per heavy atom. The molecule has 0 saturated heterocycles. The Balaban J connectivity index is 1.70. The lowest BCUT2D eigenvalue weighted by Crippen LogP contribution is -2.27. The highest BCUT2D eigenvalue weighted by atomic mass is 32.1. The van der Waals surface area contributed by atoms with Gasteiger partial charge in [-0.25, -0.2) is 18.4 Å². The molecule has 4 rings (SSSR count). The van der Waals surface area contributed by atoms with Crippen molar-refractivity contribution in [2.45, 2.75) is 13.1 Å². The number of hydrogen-bond donors (Lipinski definition) is 1. The molecule has 2 aromatic carbocycles. The van der Waals surface area contributed by atoms with Crippen LogP contribution in [0.15, 0.2) is 47.3 Å². The third kappa shape index (κ3) is 4.08. The van der Waals surface area contributed by atoms with Crippen molar-refractivity contribution in [3.8, 4) is 5.69 Å². The van der Waals surface area contributed by atoms with Crippen LogP contribution in [0.1, 0.15) is 21.7 Å². The van der Waals surface area contributed by atoms with Gasteiger partial charge in [-0.15, -0.1) is 0 Å². The maximum absolute atomic E-state index is 13.4. The molecule has 164 valence electrons. The number of aromatic nitrogens is 3. The summed E-state index contributed by atoms with van der Waals surface area (Å²) in [4.78, 5) is 28.9. The number of nitrogens with one attached hydrogen (secondary N) is 1. The minimum atomic E-state index is -4.59. The molecule has 0 aliphatic heterocycles. The summed E-state index contributed by atoms with van der Waals surface area (Å²) >= 11 is 0.846. The number of amides is 1. The Labute approximate surface area is 180 Å². The van der Waals surface area contributed by atoms with Crippen LogP contribution in [0.3, 0.4) is 0 Å². The van der Waals surface area contributed by atoms with Crippen LogP contribution in [0, 0.1) is 18.6 Å². The van der Waals surface area contributed by atoms with Gasteiger partial charge in [0.25, 0.3) is 5.91 Å². The van der Waals surface area contributed by atoms with Gasteiger partial charge in [0.2, 0.25) is 5.43 Å². The number of thiazole rings is 1. The number of nitrogens with zero attached hydrogens (tertiary/aromatic N) is 3. The summed E-state index contributed by atoms with van der Waals surface area (Å²) in [5.41, 5.74) is -1.97. The summed E-state index contributed by atoms with van der Waals surface area (Å²) < 4.78 is 67.2. The van der Waals surface area contributed by atoms with Gasteiger partial charge < -0.3 is 0 Å². The Bertz CT molecular complexity index is 1390. The molecule has 1 amide bonds. The number of alkyl halides is 3. The van der Waals surface area contributed by atoms with Gasteiger partial charge in [0.05, 0.1) is 21.5 Å². The molecule has 0 saturated carbocycles. The molecule has 6 nitrogen and oxygen atoms in total. The van der Waals surface area contributed by atoms with E-state index in [9.17, 15) is 31.5 Å². The van der Waals surface area contributed by atoms with E-state index in [2.05, 4.69) is 15.4 Å². The number of carbonyl (C=O) groups excluding carboxylic acids is 1. The summed E-state index contributed by atoms with van der Waals surface area (Å²) in [5.74, 6) is -3.16. The van der Waals surface area contributed by atoms with Gasteiger partial charge in [-0.1, -0.05) is 17.4 Å². The summed E-state index contributed by atoms with van der Waals surface area (Å²) in [5, 5.41) is 6.21. The summed E-state index contributed by atoms with van der Waals surface area (Å²) in [7, 11) is 0. The van der Waals surface area contributed by atoms with Crippen LogP contribution in [0.25, 0.3) is 15.9 Å². The quantitative estimate of drug-likeness (QED) is 0.444. The molecular weight excluding hydrogens is 455 g/mol. The number of halogens is 5. The first-order chi connectivity index (χ1) is 15.0. The Morgan fingerprint density at radius 3 is 2.53 bits per heavy atom. The van der Waals surface area contributed by atoms with Gasteiger partial charge in [-0.05, 0) is 31.2 Å². The number of aryl methyl sites for hydroxylation is 1. The third-order valence-electron chi connectivity index (χ3n) is 4.39. The zero-order valence-corrected chi connectivity index (χ0v) is 16.8. The van der Waals surface area contributed by atoms with Gasteiger partial charge in [0, 0.05) is 17.8 Å². The minimum absolute atomic E-state index is 0.00249. The second kappa shape index (κ2) is 7.79. The summed E-state index contributed by atoms with van der Waals surface area (Å²) in [6.07, 6.45) is -4.59. The van der Waals surface area contributed by atoms with Crippen molar-refractivity contribution >= 4 is 32.6 Å². The summed E-state index contributed by atoms with van der Waals surface area (Å²) in [6, 6.07) is 7.08. The average Bonchev–Trinajstić information content (AvgIpc) is 3.08. The van der Waals surface area contributed by atoms with Gasteiger partial charge in [-0.2, -0.15) is 18.3 Å². The van der Waals surface area contributed by atoms with Crippen molar-refractivity contribution in [1.82, 2.24) is 14.8 Å². The van der Waals surface area contributed by atoms with Crippen LogP contribution in [-0.2, 0) is 6.18 Å². The highest BCUT2D eigenvalue weighted by Crippen LogP contribution is 2.30. The molecule has 0 fully saturated rings. The topological polar surface area (TPSA) is 76.9 Å². The first kappa shape index (κ1) is 21.6. The third-order valence-corrected chi connectivity index (χ3v) is 5.33. The number of anilines is 1. The van der Waals surface area contributed by atoms with Crippen molar-refractivity contribution in [3.05, 3.63) is 81.3 Å². The molecule has 0 aliphatic rings. The van der Waals surface area contributed by atoms with Crippen molar-refractivity contribution in [1.29, 1.82) is 0 Å². The number of hydrogen-bond acceptors (Lipinski definition) is 5. The highest BCUT2D eigenvalue weighted by molar-refractivity contribution is 7.22. The first-order valence-electron chi connectivity index (χ1n) is 8.88. The maximum atomic E-state index is 13.4. The standard InChI is InChI=1S/C20H11F5N4O2S/c1-9-5-15(30)17(28-29(9)11-4-2-3-10(6-11)20(23,24)25)18(31)27-19-26-14-7-12(21)13(22)8-16(14)32-19/h2-8H,1H3,(H,26,27,31). The Hall–Kier alpha value is -3.67. The van der Waals surface area contributed by atoms with E-state index in [0.29, 0.717) is 0 Å². The van der Waals surface area contributed by atoms with Gasteiger partial charge in [-0.3, -0.25) is 14.9 Å². The zero-order valence-electron chi connectivity index (χ0n) is 16.0. The number of rotatable bonds is 3. The van der Waals surface area contributed by atoms with Crippen LogP contribution < -0.4 is 10.7 Å². The van der Waals surface area contributed by atoms with Crippen LogP contribution in [0.5, 0.6) is 0 Å². The molecule has 1 N–H and O–H groups in total. The molecule has 12 heteroatoms. The molecule has 0 bridgehead atoms. The van der Waals surface area contributed by atoms with Crippen LogP contribution in [0.4, 0.5) is 27.1 Å². The van der Waals surface area contributed by atoms with Crippen molar-refractivity contribution in [3.63, 3.8) is 0 Å². The normalized spacial score (nSPS) is 11.7. The van der Waals surface area contributed by atoms with E-state index < -0.39 is 40.4 Å². The first-order valence-corrected chi connectivity index (χ1v) is 9.70. The molecule has 0 unspecified atom stereocenters. The Kier molecular flexibility index (Phi) is 5.25. The second-order valence-corrected chi connectivity index (χ2v) is 7.70. The zero-order chi connectivity index (χ0) is 23.2. The fourth-order valence-electron chi connectivity index (χ4n) is 2.91. The van der Waals surface area contributed by atoms with Gasteiger partial charge >= 0.3 is 6.18 Å². The lowest BCUT2D eigenvalue weighted by atomic mass is 10.2. The van der Waals surface area contributed by atoms with Crippen molar-refractivity contribution < 1.29 is 26.7 Å². The van der Waals surface area contributed by atoms with E-state index >= 15 is 0 Å². The number of fused-ring (bicyclic) bond motifs is 1. The molecule has 4 aromatic rings. The van der Waals surface area contributed by atoms with Gasteiger partial charge in [0.1, 0.15) is 0 Å². The van der Waals surface area contributed by atoms with E-state index in [1.807, 2.05) is 0 Å². The van der Waals surface area contributed by atoms with Crippen molar-refractivity contribution in [2.75, 3.05) is 5.32 Å². The lowest BCUT2D eigenvalue weighted by Gasteiger charge is -2.13. The second-order valence-electron chi connectivity index (χ2n) is 6.67. The number of carbonyl (C=O) groups is 1. The molecule has 0 radical (unpaired) electrons. The molecule has 0 aliphatic carbocycles. The van der Waals surface area contributed by atoms with Gasteiger partial charge in [0.15, 0.2) is 22.5 Å². The van der Waals surface area contributed by atoms with Crippen LogP contribution in [-0.4, -0.2) is 20.7 Å². The molecular formula is C20H11F5N4O2S. The average molecular weight is 466 g/mol. The predicted molar refractivity (Wildman–Crippen MR) is 107 cm³/mol. The van der Waals surface area contributed by atoms with E-state index in [1.165, 1.54) is 19.1 Å². The smallest absolute Gasteiger partial charge is 0.296 e. The van der Waals surface area contributed by atoms with E-state index in [0.717, 1.165) is 46.4 Å². The van der Waals surface area contributed by atoms with E-state index in [-0.39, 0.29) is 26.7 Å². The van der Waals surface area contributed by atoms with Crippen molar-refractivity contribution in [2.24, 2.45) is 0 Å². The SMILES string of the molecule is Cc1cc(=O)c(C(=O)Nc2nc3cc(F)c(F)cc3s2)nn1-c1cccc(C(F)(F)F)c1. The minimum Gasteiger partial charge on any atom is -0.296 e. The molecule has 2 aromatic heterocycles. The number of benzene rings is 2. The fourth-order valence-corrected chi connectivity index (χ4v) is 3.78. The predicted octanol–water partition coefficient (Wildman–Crippen LogP) is 4.70. The molecule has 0 spiro atoms. The molecule has 2 heterocycles. The van der Waals surface area contributed by atoms with Crippen LogP contribution in [0.2, 0.25) is 0 Å². The molecule has 0 atom stereocenters.